The molecular formula is C17H19NO5S. The van der Waals surface area contributed by atoms with E-state index < -0.39 is 10.0 Å². The fraction of sp³-hybridized carbons (Fsp3) is 0.294. The molecule has 0 radical (unpaired) electrons. The van der Waals surface area contributed by atoms with E-state index in [1.54, 1.807) is 30.3 Å². The maximum absolute atomic E-state index is 12.7. The van der Waals surface area contributed by atoms with Gasteiger partial charge in [0.15, 0.2) is 11.5 Å². The van der Waals surface area contributed by atoms with Gasteiger partial charge in [-0.3, -0.25) is 4.72 Å². The second-order valence-corrected chi connectivity index (χ2v) is 7.26. The molecule has 128 valence electrons. The van der Waals surface area contributed by atoms with E-state index in [-0.39, 0.29) is 11.0 Å². The summed E-state index contributed by atoms with van der Waals surface area (Å²) in [5.41, 5.74) is 0.390. The predicted molar refractivity (Wildman–Crippen MR) is 90.4 cm³/mol. The van der Waals surface area contributed by atoms with Crippen molar-refractivity contribution in [3.63, 3.8) is 0 Å². The first-order valence-electron chi connectivity index (χ1n) is 7.64. The summed E-state index contributed by atoms with van der Waals surface area (Å²) >= 11 is 0. The second kappa shape index (κ2) is 6.60. The highest BCUT2D eigenvalue weighted by atomic mass is 32.2. The highest BCUT2D eigenvalue weighted by molar-refractivity contribution is 7.92. The first-order valence-corrected chi connectivity index (χ1v) is 9.12. The Labute approximate surface area is 141 Å². The average molecular weight is 349 g/mol. The van der Waals surface area contributed by atoms with Gasteiger partial charge < -0.3 is 14.2 Å². The summed E-state index contributed by atoms with van der Waals surface area (Å²) in [6, 6.07) is 11.5. The normalized spacial score (nSPS) is 13.6. The molecule has 2 aromatic carbocycles. The van der Waals surface area contributed by atoms with Gasteiger partial charge in [0.1, 0.15) is 19.0 Å². The Morgan fingerprint density at radius 3 is 2.50 bits per heavy atom. The van der Waals surface area contributed by atoms with Crippen LogP contribution >= 0.6 is 0 Å². The van der Waals surface area contributed by atoms with E-state index >= 15 is 0 Å². The quantitative estimate of drug-likeness (QED) is 0.898. The van der Waals surface area contributed by atoms with E-state index in [1.165, 1.54) is 12.1 Å². The minimum atomic E-state index is -3.77. The monoisotopic (exact) mass is 349 g/mol. The Kier molecular flexibility index (Phi) is 4.53. The fourth-order valence-electron chi connectivity index (χ4n) is 2.30. The van der Waals surface area contributed by atoms with Crippen molar-refractivity contribution in [2.75, 3.05) is 17.9 Å². The van der Waals surface area contributed by atoms with E-state index in [9.17, 15) is 8.42 Å². The largest absolute Gasteiger partial charge is 0.489 e. The lowest BCUT2D eigenvalue weighted by Gasteiger charge is -2.19. The minimum Gasteiger partial charge on any atom is -0.489 e. The number of para-hydroxylation sites is 2. The smallest absolute Gasteiger partial charge is 0.262 e. The lowest BCUT2D eigenvalue weighted by atomic mass is 10.3. The maximum atomic E-state index is 12.7. The summed E-state index contributed by atoms with van der Waals surface area (Å²) < 4.78 is 44.4. The van der Waals surface area contributed by atoms with Crippen LogP contribution in [0.15, 0.2) is 47.4 Å². The van der Waals surface area contributed by atoms with Gasteiger partial charge in [0.05, 0.1) is 16.7 Å². The zero-order valence-corrected chi connectivity index (χ0v) is 14.3. The first-order chi connectivity index (χ1) is 11.5. The first kappa shape index (κ1) is 16.4. The molecule has 0 fully saturated rings. The van der Waals surface area contributed by atoms with Gasteiger partial charge in [0.2, 0.25) is 0 Å². The Morgan fingerprint density at radius 1 is 1.04 bits per heavy atom. The van der Waals surface area contributed by atoms with Crippen LogP contribution in [0.4, 0.5) is 5.69 Å². The Balaban J connectivity index is 1.89. The number of hydrogen-bond donors (Lipinski definition) is 1. The van der Waals surface area contributed by atoms with Gasteiger partial charge in [-0.05, 0) is 38.1 Å². The van der Waals surface area contributed by atoms with E-state index in [0.717, 1.165) is 0 Å². The molecule has 0 saturated heterocycles. The molecule has 1 aliphatic heterocycles. The molecule has 2 aromatic rings. The van der Waals surface area contributed by atoms with Crippen LogP contribution in [-0.2, 0) is 10.0 Å². The third-order valence-corrected chi connectivity index (χ3v) is 4.68. The molecule has 0 aromatic heterocycles. The highest BCUT2D eigenvalue weighted by Crippen LogP contribution is 2.33. The van der Waals surface area contributed by atoms with Crippen LogP contribution in [0.25, 0.3) is 0 Å². The van der Waals surface area contributed by atoms with Gasteiger partial charge in [0, 0.05) is 6.07 Å². The van der Waals surface area contributed by atoms with Crippen LogP contribution in [0, 0.1) is 0 Å². The van der Waals surface area contributed by atoms with Crippen molar-refractivity contribution in [3.8, 4) is 17.2 Å². The molecule has 0 bridgehead atoms. The maximum Gasteiger partial charge on any atom is 0.262 e. The SMILES string of the molecule is CC(C)Oc1ccccc1NS(=O)(=O)c1ccc2c(c1)OCCO2. The lowest BCUT2D eigenvalue weighted by Crippen LogP contribution is -2.18. The van der Waals surface area contributed by atoms with Gasteiger partial charge in [-0.25, -0.2) is 8.42 Å². The number of fused-ring (bicyclic) bond motifs is 1. The van der Waals surface area contributed by atoms with Crippen molar-refractivity contribution in [1.82, 2.24) is 0 Å². The zero-order chi connectivity index (χ0) is 17.2. The lowest BCUT2D eigenvalue weighted by molar-refractivity contribution is 0.171. The van der Waals surface area contributed by atoms with E-state index in [4.69, 9.17) is 14.2 Å². The molecule has 1 aliphatic rings. The molecular weight excluding hydrogens is 330 g/mol. The van der Waals surface area contributed by atoms with Crippen molar-refractivity contribution in [2.45, 2.75) is 24.8 Å². The second-order valence-electron chi connectivity index (χ2n) is 5.57. The highest BCUT2D eigenvalue weighted by Gasteiger charge is 2.20. The number of anilines is 1. The summed E-state index contributed by atoms with van der Waals surface area (Å²) in [4.78, 5) is 0.103. The van der Waals surface area contributed by atoms with Gasteiger partial charge in [0.25, 0.3) is 10.0 Å². The molecule has 0 saturated carbocycles. The number of sulfonamides is 1. The molecule has 0 aliphatic carbocycles. The van der Waals surface area contributed by atoms with E-state index in [2.05, 4.69) is 4.72 Å². The summed E-state index contributed by atoms with van der Waals surface area (Å²) in [6.45, 7) is 4.62. The topological polar surface area (TPSA) is 73.9 Å². The van der Waals surface area contributed by atoms with Crippen LogP contribution in [0.2, 0.25) is 0 Å². The molecule has 0 amide bonds. The van der Waals surface area contributed by atoms with Gasteiger partial charge in [-0.2, -0.15) is 0 Å². The molecule has 1 N–H and O–H groups in total. The van der Waals surface area contributed by atoms with Crippen LogP contribution in [-0.4, -0.2) is 27.7 Å². The number of ether oxygens (including phenoxy) is 3. The summed E-state index contributed by atoms with van der Waals surface area (Å²) in [5, 5.41) is 0. The average Bonchev–Trinajstić information content (AvgIpc) is 2.55. The van der Waals surface area contributed by atoms with E-state index in [1.807, 2.05) is 13.8 Å². The number of nitrogens with one attached hydrogen (secondary N) is 1. The summed E-state index contributed by atoms with van der Waals surface area (Å²) in [7, 11) is -3.77. The van der Waals surface area contributed by atoms with Crippen molar-refractivity contribution in [3.05, 3.63) is 42.5 Å². The van der Waals surface area contributed by atoms with E-state index in [0.29, 0.717) is 36.1 Å². The molecule has 0 unspecified atom stereocenters. The molecule has 1 heterocycles. The van der Waals surface area contributed by atoms with Gasteiger partial charge in [-0.1, -0.05) is 12.1 Å². The van der Waals surface area contributed by atoms with Gasteiger partial charge in [-0.15, -0.1) is 0 Å². The summed E-state index contributed by atoms with van der Waals surface area (Å²) in [6.07, 6.45) is -0.0649. The van der Waals surface area contributed by atoms with Crippen LogP contribution in [0.3, 0.4) is 0 Å². The van der Waals surface area contributed by atoms with Crippen molar-refractivity contribution >= 4 is 15.7 Å². The van der Waals surface area contributed by atoms with Crippen molar-refractivity contribution in [2.24, 2.45) is 0 Å². The fourth-order valence-corrected chi connectivity index (χ4v) is 3.39. The number of rotatable bonds is 5. The summed E-state index contributed by atoms with van der Waals surface area (Å²) in [5.74, 6) is 1.45. The van der Waals surface area contributed by atoms with Gasteiger partial charge >= 0.3 is 0 Å². The molecule has 0 atom stereocenters. The zero-order valence-electron chi connectivity index (χ0n) is 13.5. The van der Waals surface area contributed by atoms with Crippen LogP contribution in [0.1, 0.15) is 13.8 Å². The Morgan fingerprint density at radius 2 is 1.75 bits per heavy atom. The standard InChI is InChI=1S/C17H19NO5S/c1-12(2)23-15-6-4-3-5-14(15)18-24(19,20)13-7-8-16-17(11-13)22-10-9-21-16/h3-8,11-12,18H,9-10H2,1-2H3. The third-order valence-electron chi connectivity index (χ3n) is 3.32. The van der Waals surface area contributed by atoms with Crippen molar-refractivity contribution < 1.29 is 22.6 Å². The predicted octanol–water partition coefficient (Wildman–Crippen LogP) is 3.05. The Hall–Kier alpha value is -2.41. The molecule has 0 spiro atoms. The number of hydrogen-bond acceptors (Lipinski definition) is 5. The number of benzene rings is 2. The Bertz CT molecular complexity index is 833. The molecule has 3 rings (SSSR count). The van der Waals surface area contributed by atoms with Crippen LogP contribution in [0.5, 0.6) is 17.2 Å². The molecule has 24 heavy (non-hydrogen) atoms. The third kappa shape index (κ3) is 3.56. The van der Waals surface area contributed by atoms with Crippen molar-refractivity contribution in [1.29, 1.82) is 0 Å². The molecule has 6 nitrogen and oxygen atoms in total. The van der Waals surface area contributed by atoms with Crippen LogP contribution < -0.4 is 18.9 Å². The molecule has 7 heteroatoms. The minimum absolute atomic E-state index is 0.0649.